The molecule has 2 aliphatic rings. The lowest BCUT2D eigenvalue weighted by atomic mass is 9.74. The largest absolute Gasteiger partial charge is 0.391 e. The zero-order chi connectivity index (χ0) is 19.1. The minimum atomic E-state index is -0.339. The average molecular weight is 376 g/mol. The molecule has 1 aromatic carbocycles. The molecule has 1 amide bonds. The molecule has 27 heavy (non-hydrogen) atoms. The first-order valence-electron chi connectivity index (χ1n) is 10.2. The Kier molecular flexibility index (Phi) is 7.24. The number of aliphatic hydroxyl groups is 1. The molecule has 1 aliphatic carbocycles. The van der Waals surface area contributed by atoms with E-state index in [1.54, 1.807) is 0 Å². The summed E-state index contributed by atoms with van der Waals surface area (Å²) in [6, 6.07) is 10.6. The Balaban J connectivity index is 1.77. The van der Waals surface area contributed by atoms with Gasteiger partial charge < -0.3 is 20.9 Å². The minimum absolute atomic E-state index is 0.00216. The third kappa shape index (κ3) is 5.08. The molecule has 1 aliphatic heterocycles. The van der Waals surface area contributed by atoms with Gasteiger partial charge in [-0.25, -0.2) is 0 Å². The summed E-state index contributed by atoms with van der Waals surface area (Å²) in [6.45, 7) is 4.20. The second kappa shape index (κ2) is 9.64. The highest BCUT2D eigenvalue weighted by Crippen LogP contribution is 2.39. The van der Waals surface area contributed by atoms with Crippen molar-refractivity contribution in [2.45, 2.75) is 49.7 Å². The predicted octanol–water partition coefficient (Wildman–Crippen LogP) is 1.03. The number of hydrogen-bond acceptors (Lipinski definition) is 5. The number of nitrogens with two attached hydrogens (primary N) is 1. The highest BCUT2D eigenvalue weighted by Gasteiger charge is 2.40. The Morgan fingerprint density at radius 1 is 1.22 bits per heavy atom. The van der Waals surface area contributed by atoms with Crippen LogP contribution in [0.1, 0.15) is 37.7 Å². The number of hydrogen-bond donors (Lipinski definition) is 3. The number of nitrogens with zero attached hydrogens (tertiary/aromatic N) is 1. The first-order valence-corrected chi connectivity index (χ1v) is 10.2. The summed E-state index contributed by atoms with van der Waals surface area (Å²) in [5.74, 6) is 0.00216. The van der Waals surface area contributed by atoms with E-state index in [-0.39, 0.29) is 23.5 Å². The van der Waals surface area contributed by atoms with E-state index in [9.17, 15) is 9.90 Å². The first-order chi connectivity index (χ1) is 13.1. The second-order valence-corrected chi connectivity index (χ2v) is 7.82. The lowest BCUT2D eigenvalue weighted by molar-refractivity contribution is -0.121. The molecule has 0 unspecified atom stereocenters. The number of carbonyl (C=O) groups is 1. The smallest absolute Gasteiger partial charge is 0.221 e. The third-order valence-electron chi connectivity index (χ3n) is 6.18. The Labute approximate surface area is 162 Å². The monoisotopic (exact) mass is 375 g/mol. The van der Waals surface area contributed by atoms with Crippen molar-refractivity contribution in [1.82, 2.24) is 10.2 Å². The normalized spacial score (nSPS) is 29.9. The Morgan fingerprint density at radius 3 is 2.63 bits per heavy atom. The maximum absolute atomic E-state index is 12.1. The van der Waals surface area contributed by atoms with Crippen LogP contribution in [0.4, 0.5) is 0 Å². The molecule has 6 heteroatoms. The quantitative estimate of drug-likeness (QED) is 0.647. The van der Waals surface area contributed by atoms with Crippen LogP contribution in [0.25, 0.3) is 0 Å². The van der Waals surface area contributed by atoms with E-state index in [2.05, 4.69) is 34.5 Å². The number of morpholine rings is 1. The lowest BCUT2D eigenvalue weighted by Crippen LogP contribution is -2.48. The number of rotatable bonds is 6. The molecule has 0 bridgehead atoms. The number of amides is 1. The summed E-state index contributed by atoms with van der Waals surface area (Å²) in [5, 5.41) is 14.0. The van der Waals surface area contributed by atoms with Gasteiger partial charge in [-0.15, -0.1) is 0 Å². The zero-order valence-electron chi connectivity index (χ0n) is 16.1. The third-order valence-corrected chi connectivity index (χ3v) is 6.18. The Bertz CT molecular complexity index is 592. The fraction of sp³-hybridized carbons (Fsp3) is 0.667. The van der Waals surface area contributed by atoms with E-state index in [0.29, 0.717) is 19.5 Å². The van der Waals surface area contributed by atoms with Gasteiger partial charge in [-0.2, -0.15) is 0 Å². The van der Waals surface area contributed by atoms with Crippen molar-refractivity contribution in [3.63, 3.8) is 0 Å². The van der Waals surface area contributed by atoms with Crippen molar-refractivity contribution in [3.8, 4) is 0 Å². The molecule has 0 radical (unpaired) electrons. The van der Waals surface area contributed by atoms with Gasteiger partial charge in [0.25, 0.3) is 0 Å². The van der Waals surface area contributed by atoms with Crippen molar-refractivity contribution in [3.05, 3.63) is 35.9 Å². The molecule has 0 aromatic heterocycles. The molecule has 1 aromatic rings. The van der Waals surface area contributed by atoms with Gasteiger partial charge in [-0.05, 0) is 31.2 Å². The topological polar surface area (TPSA) is 87.8 Å². The molecule has 2 fully saturated rings. The summed E-state index contributed by atoms with van der Waals surface area (Å²) < 4.78 is 5.47. The van der Waals surface area contributed by atoms with Crippen molar-refractivity contribution >= 4 is 5.91 Å². The van der Waals surface area contributed by atoms with E-state index >= 15 is 0 Å². The van der Waals surface area contributed by atoms with Gasteiger partial charge in [-0.3, -0.25) is 9.69 Å². The molecule has 0 spiro atoms. The number of carbonyl (C=O) groups excluding carboxylic acids is 1. The van der Waals surface area contributed by atoms with E-state index in [4.69, 9.17) is 10.5 Å². The van der Waals surface area contributed by atoms with Crippen LogP contribution in [0.3, 0.4) is 0 Å². The van der Waals surface area contributed by atoms with Crippen LogP contribution in [0.2, 0.25) is 0 Å². The summed E-state index contributed by atoms with van der Waals surface area (Å²) >= 11 is 0. The zero-order valence-corrected chi connectivity index (χ0v) is 16.1. The van der Waals surface area contributed by atoms with Gasteiger partial charge in [-0.1, -0.05) is 30.3 Å². The van der Waals surface area contributed by atoms with Gasteiger partial charge in [0, 0.05) is 44.1 Å². The van der Waals surface area contributed by atoms with Gasteiger partial charge in [0.2, 0.25) is 5.91 Å². The standard InChI is InChI=1S/C21H33N3O3/c22-11-8-20(26)23-16-21(17-4-2-1-3-5-17)9-6-18(19(25)7-10-21)24-12-14-27-15-13-24/h1-5,18-19,25H,6-16,22H2,(H,23,26)/t18-,19-,21-/m1/s1. The fourth-order valence-electron chi connectivity index (χ4n) is 4.54. The first kappa shape index (κ1) is 20.3. The van der Waals surface area contributed by atoms with E-state index in [1.807, 2.05) is 6.07 Å². The lowest BCUT2D eigenvalue weighted by Gasteiger charge is -2.37. The van der Waals surface area contributed by atoms with Gasteiger partial charge in [0.15, 0.2) is 0 Å². The second-order valence-electron chi connectivity index (χ2n) is 7.82. The van der Waals surface area contributed by atoms with Crippen LogP contribution in [0.5, 0.6) is 0 Å². The minimum Gasteiger partial charge on any atom is -0.391 e. The maximum Gasteiger partial charge on any atom is 0.221 e. The summed E-state index contributed by atoms with van der Waals surface area (Å²) in [6.07, 6.45) is 3.48. The summed E-state index contributed by atoms with van der Waals surface area (Å²) in [4.78, 5) is 14.4. The fourth-order valence-corrected chi connectivity index (χ4v) is 4.54. The SMILES string of the molecule is NCCC(=O)NC[C@]1(c2ccccc2)CC[C@@H](O)[C@H](N2CCOCC2)CC1. The molecule has 6 nitrogen and oxygen atoms in total. The molecule has 1 saturated carbocycles. The number of aliphatic hydroxyl groups excluding tert-OH is 1. The molecule has 1 heterocycles. The Morgan fingerprint density at radius 2 is 1.93 bits per heavy atom. The number of nitrogens with one attached hydrogen (secondary N) is 1. The molecule has 3 rings (SSSR count). The summed E-state index contributed by atoms with van der Waals surface area (Å²) in [5.41, 5.74) is 6.61. The van der Waals surface area contributed by atoms with Crippen LogP contribution < -0.4 is 11.1 Å². The average Bonchev–Trinajstić information content (AvgIpc) is 2.88. The van der Waals surface area contributed by atoms with Crippen LogP contribution >= 0.6 is 0 Å². The van der Waals surface area contributed by atoms with Gasteiger partial charge >= 0.3 is 0 Å². The van der Waals surface area contributed by atoms with Crippen LogP contribution in [-0.2, 0) is 14.9 Å². The number of benzene rings is 1. The molecule has 1 saturated heterocycles. The molecule has 3 atom stereocenters. The van der Waals surface area contributed by atoms with Crippen molar-refractivity contribution in [2.24, 2.45) is 5.73 Å². The van der Waals surface area contributed by atoms with E-state index in [0.717, 1.165) is 52.0 Å². The van der Waals surface area contributed by atoms with E-state index < -0.39 is 0 Å². The number of ether oxygens (including phenoxy) is 1. The molecular formula is C21H33N3O3. The molecule has 150 valence electrons. The van der Waals surface area contributed by atoms with Crippen LogP contribution in [0, 0.1) is 0 Å². The van der Waals surface area contributed by atoms with Crippen molar-refractivity contribution in [1.29, 1.82) is 0 Å². The molecule has 4 N–H and O–H groups in total. The highest BCUT2D eigenvalue weighted by molar-refractivity contribution is 5.76. The predicted molar refractivity (Wildman–Crippen MR) is 105 cm³/mol. The Hall–Kier alpha value is -1.47. The maximum atomic E-state index is 12.1. The van der Waals surface area contributed by atoms with Gasteiger partial charge in [0.1, 0.15) is 0 Å². The van der Waals surface area contributed by atoms with Crippen LogP contribution in [-0.4, -0.2) is 67.5 Å². The van der Waals surface area contributed by atoms with Crippen molar-refractivity contribution < 1.29 is 14.6 Å². The van der Waals surface area contributed by atoms with E-state index in [1.165, 1.54) is 5.56 Å². The van der Waals surface area contributed by atoms with Crippen LogP contribution in [0.15, 0.2) is 30.3 Å². The van der Waals surface area contributed by atoms with Crippen molar-refractivity contribution in [2.75, 3.05) is 39.4 Å². The summed E-state index contributed by atoms with van der Waals surface area (Å²) in [7, 11) is 0. The highest BCUT2D eigenvalue weighted by atomic mass is 16.5. The molecular weight excluding hydrogens is 342 g/mol. The van der Waals surface area contributed by atoms with Gasteiger partial charge in [0.05, 0.1) is 19.3 Å².